The largest absolute Gasteiger partial charge is 0.461 e. The van der Waals surface area contributed by atoms with Gasteiger partial charge in [0.15, 0.2) is 0 Å². The standard InChI is InChI=1S/C26H31F2NO4S/c1-16(2)20-13-8-17(3)14-22(20)33-24(30)15-34-23-7-5-4-6-21(23)25(31)29-18-9-11-19(12-10-18)32-26(27)28/h4-7,9-12,16-17,20,22,26H,8,13-15H2,1-3H3,(H,29,31)/t17-,20-,22+/m1/s1. The molecule has 0 bridgehead atoms. The molecule has 0 aliphatic heterocycles. The van der Waals surface area contributed by atoms with Crippen molar-refractivity contribution in [3.05, 3.63) is 54.1 Å². The number of ether oxygens (including phenoxy) is 2. The van der Waals surface area contributed by atoms with Gasteiger partial charge in [-0.2, -0.15) is 8.78 Å². The van der Waals surface area contributed by atoms with Crippen molar-refractivity contribution in [1.29, 1.82) is 0 Å². The second-order valence-electron chi connectivity index (χ2n) is 9.00. The number of anilines is 1. The van der Waals surface area contributed by atoms with Crippen LogP contribution in [0.25, 0.3) is 0 Å². The number of carbonyl (C=O) groups is 2. The summed E-state index contributed by atoms with van der Waals surface area (Å²) in [5.74, 6) is 0.855. The molecule has 1 saturated carbocycles. The number of hydrogen-bond donors (Lipinski definition) is 1. The molecule has 2 aromatic carbocycles. The number of thioether (sulfide) groups is 1. The number of hydrogen-bond acceptors (Lipinski definition) is 5. The summed E-state index contributed by atoms with van der Waals surface area (Å²) in [6.45, 7) is 3.63. The number of rotatable bonds is 9. The predicted molar refractivity (Wildman–Crippen MR) is 129 cm³/mol. The first-order valence-electron chi connectivity index (χ1n) is 11.5. The van der Waals surface area contributed by atoms with E-state index in [-0.39, 0.29) is 29.5 Å². The molecule has 8 heteroatoms. The molecule has 1 aliphatic rings. The number of amides is 1. The number of alkyl halides is 2. The molecular formula is C26H31F2NO4S. The zero-order chi connectivity index (χ0) is 24.7. The first-order chi connectivity index (χ1) is 16.2. The lowest BCUT2D eigenvalue weighted by molar-refractivity contribution is -0.152. The summed E-state index contributed by atoms with van der Waals surface area (Å²) >= 11 is 1.26. The van der Waals surface area contributed by atoms with Crippen LogP contribution in [0.15, 0.2) is 53.4 Å². The summed E-state index contributed by atoms with van der Waals surface area (Å²) in [5.41, 5.74) is 0.858. The Morgan fingerprint density at radius 3 is 2.47 bits per heavy atom. The Morgan fingerprint density at radius 1 is 1.09 bits per heavy atom. The van der Waals surface area contributed by atoms with Crippen LogP contribution in [0.5, 0.6) is 5.75 Å². The van der Waals surface area contributed by atoms with Crippen molar-refractivity contribution in [3.8, 4) is 5.75 Å². The maximum atomic E-state index is 12.8. The molecule has 0 heterocycles. The van der Waals surface area contributed by atoms with Gasteiger partial charge < -0.3 is 14.8 Å². The van der Waals surface area contributed by atoms with Crippen molar-refractivity contribution in [3.63, 3.8) is 0 Å². The van der Waals surface area contributed by atoms with Crippen LogP contribution in [-0.4, -0.2) is 30.3 Å². The van der Waals surface area contributed by atoms with Gasteiger partial charge in [-0.1, -0.05) is 39.3 Å². The van der Waals surface area contributed by atoms with Crippen molar-refractivity contribution < 1.29 is 27.8 Å². The highest BCUT2D eigenvalue weighted by atomic mass is 32.2. The normalized spacial score (nSPS) is 20.3. The molecule has 0 saturated heterocycles. The highest BCUT2D eigenvalue weighted by Crippen LogP contribution is 2.35. The van der Waals surface area contributed by atoms with Gasteiger partial charge in [0.05, 0.1) is 11.3 Å². The monoisotopic (exact) mass is 491 g/mol. The van der Waals surface area contributed by atoms with E-state index in [1.807, 2.05) is 0 Å². The zero-order valence-corrected chi connectivity index (χ0v) is 20.4. The Bertz CT molecular complexity index is 968. The number of carbonyl (C=O) groups excluding carboxylic acids is 2. The number of halogens is 2. The van der Waals surface area contributed by atoms with E-state index in [1.165, 1.54) is 36.0 Å². The Labute approximate surface area is 203 Å². The van der Waals surface area contributed by atoms with E-state index in [0.717, 1.165) is 19.3 Å². The van der Waals surface area contributed by atoms with Crippen LogP contribution in [0.3, 0.4) is 0 Å². The van der Waals surface area contributed by atoms with Gasteiger partial charge in [-0.25, -0.2) is 0 Å². The zero-order valence-electron chi connectivity index (χ0n) is 19.6. The smallest absolute Gasteiger partial charge is 0.387 e. The lowest BCUT2D eigenvalue weighted by Gasteiger charge is -2.36. The van der Waals surface area contributed by atoms with Crippen molar-refractivity contribution >= 4 is 29.3 Å². The van der Waals surface area contributed by atoms with E-state index < -0.39 is 6.61 Å². The third-order valence-corrected chi connectivity index (χ3v) is 7.11. The second kappa shape index (κ2) is 12.2. The Balaban J connectivity index is 1.59. The summed E-state index contributed by atoms with van der Waals surface area (Å²) in [7, 11) is 0. The average Bonchev–Trinajstić information content (AvgIpc) is 2.78. The molecule has 1 fully saturated rings. The van der Waals surface area contributed by atoms with Gasteiger partial charge in [-0.05, 0) is 67.0 Å². The molecule has 0 radical (unpaired) electrons. The molecule has 1 amide bonds. The van der Waals surface area contributed by atoms with Crippen LogP contribution in [-0.2, 0) is 9.53 Å². The van der Waals surface area contributed by atoms with Gasteiger partial charge in [-0.3, -0.25) is 9.59 Å². The Kier molecular flexibility index (Phi) is 9.33. The minimum Gasteiger partial charge on any atom is -0.461 e. The highest BCUT2D eigenvalue weighted by Gasteiger charge is 2.33. The molecule has 3 atom stereocenters. The minimum absolute atomic E-state index is 0.00883. The summed E-state index contributed by atoms with van der Waals surface area (Å²) in [4.78, 5) is 26.1. The number of nitrogens with one attached hydrogen (secondary N) is 1. The fraction of sp³-hybridized carbons (Fsp3) is 0.462. The van der Waals surface area contributed by atoms with Crippen LogP contribution in [0, 0.1) is 17.8 Å². The van der Waals surface area contributed by atoms with Crippen LogP contribution >= 0.6 is 11.8 Å². The van der Waals surface area contributed by atoms with Gasteiger partial charge in [-0.15, -0.1) is 11.8 Å². The van der Waals surface area contributed by atoms with Crippen LogP contribution in [0.1, 0.15) is 50.4 Å². The first-order valence-corrected chi connectivity index (χ1v) is 12.5. The van der Waals surface area contributed by atoms with Gasteiger partial charge in [0.1, 0.15) is 11.9 Å². The van der Waals surface area contributed by atoms with Crippen molar-refractivity contribution in [2.45, 2.75) is 57.6 Å². The van der Waals surface area contributed by atoms with Crippen molar-refractivity contribution in [2.75, 3.05) is 11.1 Å². The summed E-state index contributed by atoms with van der Waals surface area (Å²) in [5, 5.41) is 2.74. The van der Waals surface area contributed by atoms with E-state index >= 15 is 0 Å². The van der Waals surface area contributed by atoms with Gasteiger partial charge in [0.25, 0.3) is 5.91 Å². The first kappa shape index (κ1) is 26.0. The SMILES string of the molecule is CC(C)[C@H]1CC[C@@H](C)C[C@@H]1OC(=O)CSc1ccccc1C(=O)Nc1ccc(OC(F)F)cc1. The topological polar surface area (TPSA) is 64.6 Å². The van der Waals surface area contributed by atoms with Crippen LogP contribution in [0.2, 0.25) is 0 Å². The molecule has 0 aromatic heterocycles. The summed E-state index contributed by atoms with van der Waals surface area (Å²) in [6.07, 6.45) is 3.06. The molecule has 2 aromatic rings. The molecular weight excluding hydrogens is 460 g/mol. The van der Waals surface area contributed by atoms with Crippen LogP contribution in [0.4, 0.5) is 14.5 Å². The maximum Gasteiger partial charge on any atom is 0.387 e. The van der Waals surface area contributed by atoms with Gasteiger partial charge in [0, 0.05) is 10.6 Å². The van der Waals surface area contributed by atoms with E-state index in [0.29, 0.717) is 33.9 Å². The number of esters is 1. The highest BCUT2D eigenvalue weighted by molar-refractivity contribution is 8.00. The molecule has 184 valence electrons. The maximum absolute atomic E-state index is 12.8. The molecule has 34 heavy (non-hydrogen) atoms. The van der Waals surface area contributed by atoms with Gasteiger partial charge in [0.2, 0.25) is 0 Å². The van der Waals surface area contributed by atoms with Gasteiger partial charge >= 0.3 is 12.6 Å². The third-order valence-electron chi connectivity index (χ3n) is 6.06. The van der Waals surface area contributed by atoms with E-state index in [1.54, 1.807) is 24.3 Å². The molecule has 1 aliphatic carbocycles. The predicted octanol–water partition coefficient (Wildman–Crippen LogP) is 6.64. The quantitative estimate of drug-likeness (QED) is 0.315. The fourth-order valence-corrected chi connectivity index (χ4v) is 5.12. The third kappa shape index (κ3) is 7.45. The van der Waals surface area contributed by atoms with E-state index in [2.05, 4.69) is 30.8 Å². The Morgan fingerprint density at radius 2 is 1.79 bits per heavy atom. The van der Waals surface area contributed by atoms with E-state index in [9.17, 15) is 18.4 Å². The second-order valence-corrected chi connectivity index (χ2v) is 10.0. The molecule has 1 N–H and O–H groups in total. The molecule has 3 rings (SSSR count). The minimum atomic E-state index is -2.91. The lowest BCUT2D eigenvalue weighted by atomic mass is 9.75. The molecule has 0 spiro atoms. The van der Waals surface area contributed by atoms with E-state index in [4.69, 9.17) is 4.74 Å². The molecule has 0 unspecified atom stereocenters. The lowest BCUT2D eigenvalue weighted by Crippen LogP contribution is -2.36. The molecule has 5 nitrogen and oxygen atoms in total. The summed E-state index contributed by atoms with van der Waals surface area (Å²) in [6, 6.07) is 12.7. The fourth-order valence-electron chi connectivity index (χ4n) is 4.29. The Hall–Kier alpha value is -2.61. The van der Waals surface area contributed by atoms with Crippen molar-refractivity contribution in [2.24, 2.45) is 17.8 Å². The van der Waals surface area contributed by atoms with Crippen LogP contribution < -0.4 is 10.1 Å². The number of benzene rings is 2. The van der Waals surface area contributed by atoms with Crippen molar-refractivity contribution in [1.82, 2.24) is 0 Å². The average molecular weight is 492 g/mol. The summed E-state index contributed by atoms with van der Waals surface area (Å²) < 4.78 is 34.8.